The Hall–Kier alpha value is -4.00. The lowest BCUT2D eigenvalue weighted by Gasteiger charge is -2.38. The molecule has 2 saturated heterocycles. The van der Waals surface area contributed by atoms with Gasteiger partial charge in [0.25, 0.3) is 0 Å². The van der Waals surface area contributed by atoms with Crippen molar-refractivity contribution in [2.75, 3.05) is 19.5 Å². The van der Waals surface area contributed by atoms with Crippen LogP contribution < -0.4 is 5.32 Å². The topological polar surface area (TPSA) is 97.1 Å². The highest BCUT2D eigenvalue weighted by molar-refractivity contribution is 6.39. The number of piperidine rings is 1. The molecule has 1 aliphatic carbocycles. The van der Waals surface area contributed by atoms with E-state index < -0.39 is 18.2 Å². The van der Waals surface area contributed by atoms with Crippen molar-refractivity contribution in [3.05, 3.63) is 87.2 Å². The molecule has 2 bridgehead atoms. The number of alkyl halides is 3. The predicted octanol–water partition coefficient (Wildman–Crippen LogP) is 8.83. The molecule has 3 aliphatic heterocycles. The molecule has 9 nitrogen and oxygen atoms in total. The number of rotatable bonds is 8. The summed E-state index contributed by atoms with van der Waals surface area (Å²) >= 11 is 13.1. The van der Waals surface area contributed by atoms with Gasteiger partial charge in [0.05, 0.1) is 35.4 Å². The number of esters is 1. The van der Waals surface area contributed by atoms with Crippen LogP contribution in [0.15, 0.2) is 59.3 Å². The summed E-state index contributed by atoms with van der Waals surface area (Å²) in [5.74, 6) is 0.452. The van der Waals surface area contributed by atoms with Gasteiger partial charge in [0.2, 0.25) is 0 Å². The molecule has 14 heteroatoms. The average molecular weight is 732 g/mol. The van der Waals surface area contributed by atoms with Crippen LogP contribution in [0.4, 0.5) is 23.7 Å². The van der Waals surface area contributed by atoms with Crippen LogP contribution >= 0.6 is 23.2 Å². The van der Waals surface area contributed by atoms with E-state index in [-0.39, 0.29) is 36.4 Å². The Labute approximate surface area is 296 Å². The number of carbonyl (C=O) groups excluding carboxylic acids is 2. The average Bonchev–Trinajstić information content (AvgIpc) is 3.78. The van der Waals surface area contributed by atoms with E-state index in [1.54, 1.807) is 30.3 Å². The molecular formula is C36H35Cl2F3N4O5. The Kier molecular flexibility index (Phi) is 9.38. The number of hydrogen-bond donors (Lipinski definition) is 1. The quantitative estimate of drug-likeness (QED) is 0.231. The number of likely N-dealkylation sites (N-methyl/N-ethyl adjacent to an activating group) is 1. The molecule has 3 aromatic rings. The maximum atomic E-state index is 13.7. The van der Waals surface area contributed by atoms with Gasteiger partial charge in [0.1, 0.15) is 17.5 Å². The van der Waals surface area contributed by atoms with E-state index in [1.165, 1.54) is 32.5 Å². The number of amides is 2. The zero-order chi connectivity index (χ0) is 35.3. The molecule has 3 fully saturated rings. The molecule has 3 atom stereocenters. The van der Waals surface area contributed by atoms with Crippen molar-refractivity contribution in [3.8, 4) is 11.3 Å². The summed E-state index contributed by atoms with van der Waals surface area (Å²) in [5, 5.41) is 8.27. The highest BCUT2D eigenvalue weighted by Crippen LogP contribution is 2.47. The summed E-state index contributed by atoms with van der Waals surface area (Å²) in [5.41, 5.74) is 3.33. The van der Waals surface area contributed by atoms with Gasteiger partial charge < -0.3 is 29.1 Å². The second-order valence-electron chi connectivity index (χ2n) is 13.2. The molecule has 1 saturated carbocycles. The van der Waals surface area contributed by atoms with Crippen molar-refractivity contribution in [2.24, 2.45) is 0 Å². The van der Waals surface area contributed by atoms with Crippen LogP contribution in [0.25, 0.3) is 16.8 Å². The number of halogens is 5. The Morgan fingerprint density at radius 3 is 2.38 bits per heavy atom. The first kappa shape index (κ1) is 34.4. The maximum Gasteiger partial charge on any atom is 0.412 e. The molecule has 264 valence electrons. The third-order valence-electron chi connectivity index (χ3n) is 9.92. The van der Waals surface area contributed by atoms with Crippen LogP contribution in [0.5, 0.6) is 0 Å². The SMILES string of the molecule is COC(=O)c1ccc(NC(=O)N2C3CCC2CC(OCc2c(-c4c(Cl)cccc4Cl)noc2C2CC2)C3)cc1C1=CN(C)C(C(F)(F)F)C=C1. The summed E-state index contributed by atoms with van der Waals surface area (Å²) < 4.78 is 57.6. The standard InChI is InChI=1S/C36H35Cl2F3N4O5/c1-44-17-20(8-13-30(44)36(39,40)41)26-14-21(9-12-25(26)34(46)48-2)42-35(47)45-22-10-11-23(45)16-24(15-22)49-18-27-32(43-50-33(27)19-6-7-19)31-28(37)4-3-5-29(31)38/h3-5,8-9,12-14,17,19,22-24,30H,6-7,10-11,15-16,18H2,1-2H3,(H,42,47). The molecule has 0 spiro atoms. The predicted molar refractivity (Wildman–Crippen MR) is 182 cm³/mol. The summed E-state index contributed by atoms with van der Waals surface area (Å²) in [7, 11) is 2.55. The molecule has 1 aromatic heterocycles. The monoisotopic (exact) mass is 730 g/mol. The van der Waals surface area contributed by atoms with Crippen molar-refractivity contribution in [3.63, 3.8) is 0 Å². The van der Waals surface area contributed by atoms with E-state index in [2.05, 4.69) is 10.5 Å². The van der Waals surface area contributed by atoms with Crippen LogP contribution in [0.2, 0.25) is 10.0 Å². The lowest BCUT2D eigenvalue weighted by molar-refractivity contribution is -0.161. The Morgan fingerprint density at radius 1 is 1.06 bits per heavy atom. The van der Waals surface area contributed by atoms with Gasteiger partial charge in [0.15, 0.2) is 0 Å². The first-order valence-corrected chi connectivity index (χ1v) is 17.2. The molecule has 0 radical (unpaired) electrons. The van der Waals surface area contributed by atoms with Gasteiger partial charge in [-0.15, -0.1) is 0 Å². The number of allylic oxidation sites excluding steroid dienone is 2. The highest BCUT2D eigenvalue weighted by Gasteiger charge is 2.45. The van der Waals surface area contributed by atoms with E-state index >= 15 is 0 Å². The van der Waals surface area contributed by atoms with Gasteiger partial charge in [-0.3, -0.25) is 0 Å². The molecule has 50 heavy (non-hydrogen) atoms. The van der Waals surface area contributed by atoms with E-state index in [0.29, 0.717) is 56.9 Å². The Bertz CT molecular complexity index is 1840. The van der Waals surface area contributed by atoms with Gasteiger partial charge >= 0.3 is 18.2 Å². The Balaban J connectivity index is 1.05. The van der Waals surface area contributed by atoms with Crippen molar-refractivity contribution in [1.82, 2.24) is 15.0 Å². The second kappa shape index (κ2) is 13.6. The lowest BCUT2D eigenvalue weighted by Crippen LogP contribution is -2.50. The molecule has 4 aliphatic rings. The second-order valence-corrected chi connectivity index (χ2v) is 14.0. The van der Waals surface area contributed by atoms with Gasteiger partial charge in [-0.05, 0) is 80.0 Å². The smallest absolute Gasteiger partial charge is 0.412 e. The molecule has 2 aromatic carbocycles. The summed E-state index contributed by atoms with van der Waals surface area (Å²) in [6, 6.07) is 7.79. The maximum absolute atomic E-state index is 13.7. The minimum absolute atomic E-state index is 0.0487. The molecular weight excluding hydrogens is 696 g/mol. The summed E-state index contributed by atoms with van der Waals surface area (Å²) in [6.45, 7) is 0.279. The van der Waals surface area contributed by atoms with Gasteiger partial charge in [-0.2, -0.15) is 13.2 Å². The number of fused-ring (bicyclic) bond motifs is 2. The van der Waals surface area contributed by atoms with Crippen molar-refractivity contribution in [2.45, 2.75) is 81.5 Å². The number of carbonyl (C=O) groups is 2. The van der Waals surface area contributed by atoms with Crippen molar-refractivity contribution < 1.29 is 36.8 Å². The lowest BCUT2D eigenvalue weighted by atomic mass is 9.96. The molecule has 4 heterocycles. The minimum atomic E-state index is -4.46. The highest BCUT2D eigenvalue weighted by atomic mass is 35.5. The number of aromatic nitrogens is 1. The number of nitrogens with one attached hydrogen (secondary N) is 1. The van der Waals surface area contributed by atoms with Crippen molar-refractivity contribution >= 4 is 46.5 Å². The van der Waals surface area contributed by atoms with Crippen LogP contribution in [0.1, 0.15) is 71.7 Å². The normalized spacial score (nSPS) is 23.2. The number of urea groups is 1. The third kappa shape index (κ3) is 6.72. The van der Waals surface area contributed by atoms with Gasteiger partial charge in [-0.1, -0.05) is 46.6 Å². The summed E-state index contributed by atoms with van der Waals surface area (Å²) in [4.78, 5) is 29.2. The first-order valence-electron chi connectivity index (χ1n) is 16.5. The largest absolute Gasteiger partial charge is 0.465 e. The summed E-state index contributed by atoms with van der Waals surface area (Å²) in [6.07, 6.45) is 4.13. The van der Waals surface area contributed by atoms with Crippen molar-refractivity contribution in [1.29, 1.82) is 0 Å². The minimum Gasteiger partial charge on any atom is -0.465 e. The fraction of sp³-hybridized carbons (Fsp3) is 0.417. The molecule has 2 amide bonds. The molecule has 3 unspecified atom stereocenters. The van der Waals surface area contributed by atoms with Crippen LogP contribution in [-0.4, -0.2) is 71.5 Å². The number of hydrogen-bond acceptors (Lipinski definition) is 7. The van der Waals surface area contributed by atoms with Crippen LogP contribution in [0.3, 0.4) is 0 Å². The van der Waals surface area contributed by atoms with E-state index in [0.717, 1.165) is 48.0 Å². The number of anilines is 1. The number of nitrogens with zero attached hydrogens (tertiary/aromatic N) is 3. The molecule has 1 N–H and O–H groups in total. The Morgan fingerprint density at radius 2 is 1.76 bits per heavy atom. The van der Waals surface area contributed by atoms with E-state index in [4.69, 9.17) is 37.2 Å². The number of methoxy groups -OCH3 is 1. The van der Waals surface area contributed by atoms with Crippen LogP contribution in [-0.2, 0) is 16.1 Å². The third-order valence-corrected chi connectivity index (χ3v) is 10.5. The van der Waals surface area contributed by atoms with Gasteiger partial charge in [0, 0.05) is 48.1 Å². The van der Waals surface area contributed by atoms with E-state index in [1.807, 2.05) is 4.90 Å². The fourth-order valence-electron chi connectivity index (χ4n) is 7.35. The number of benzene rings is 2. The first-order chi connectivity index (χ1) is 23.9. The van der Waals surface area contributed by atoms with Crippen LogP contribution in [0, 0.1) is 0 Å². The fourth-order valence-corrected chi connectivity index (χ4v) is 7.93. The zero-order valence-corrected chi connectivity index (χ0v) is 28.8. The van der Waals surface area contributed by atoms with E-state index in [9.17, 15) is 22.8 Å². The number of ether oxygens (including phenoxy) is 2. The van der Waals surface area contributed by atoms with Gasteiger partial charge in [-0.25, -0.2) is 9.59 Å². The zero-order valence-electron chi connectivity index (χ0n) is 27.3. The molecule has 7 rings (SSSR count).